The third kappa shape index (κ3) is 27.6. The number of hydrogen-bond acceptors (Lipinski definition) is 5. The molecule has 9 heteroatoms. The van der Waals surface area contributed by atoms with Gasteiger partial charge in [-0.15, -0.1) is 0 Å². The van der Waals surface area contributed by atoms with Gasteiger partial charge in [-0.2, -0.15) is 5.26 Å². The van der Waals surface area contributed by atoms with E-state index in [0.29, 0.717) is 6.42 Å². The van der Waals surface area contributed by atoms with Gasteiger partial charge < -0.3 is 35.0 Å². The molecule has 0 aliphatic carbocycles. The fourth-order valence-electron chi connectivity index (χ4n) is 0.881. The average molecular weight is 338 g/mol. The lowest BCUT2D eigenvalue weighted by Gasteiger charge is -1.96. The van der Waals surface area contributed by atoms with E-state index in [1.807, 2.05) is 6.92 Å². The van der Waals surface area contributed by atoms with E-state index in [1.54, 1.807) is 6.07 Å². The summed E-state index contributed by atoms with van der Waals surface area (Å²) < 4.78 is 0. The van der Waals surface area contributed by atoms with Crippen molar-refractivity contribution in [3.05, 3.63) is 34.3 Å². The Labute approximate surface area is 141 Å². The number of nitriles is 1. The number of rotatable bonds is 7. The third-order valence-corrected chi connectivity index (χ3v) is 2.11. The topological polar surface area (TPSA) is 135 Å². The van der Waals surface area contributed by atoms with Crippen LogP contribution < -0.4 is 0 Å². The predicted octanol–water partition coefficient (Wildman–Crippen LogP) is 0.598. The van der Waals surface area contributed by atoms with Crippen LogP contribution in [0.25, 0.3) is 14.5 Å². The Morgan fingerprint density at radius 1 is 1.00 bits per heavy atom. The molecular weight excluding hydrogens is 316 g/mol. The van der Waals surface area contributed by atoms with Crippen LogP contribution in [0.1, 0.15) is 26.2 Å². The average Bonchev–Trinajstić information content (AvgIpc) is 2.48. The highest BCUT2D eigenvalue weighted by Gasteiger charge is 2.10. The van der Waals surface area contributed by atoms with E-state index in [0.717, 1.165) is 0 Å². The molecule has 0 saturated heterocycles. The molecule has 0 aromatic carbocycles. The minimum Gasteiger partial charge on any atom is -0.481 e. The molecule has 0 saturated carbocycles. The number of aliphatic carboxylic acids is 1. The SMILES string of the molecule is [C-]#[N+]CC(O)CC#N.[C-]#[N+]C[C@@H](O)CC.[C-]#[N+]C[C@@H](O)CC(=O)O. The van der Waals surface area contributed by atoms with Crippen LogP contribution in [0.4, 0.5) is 0 Å². The number of hydrogen-bond donors (Lipinski definition) is 4. The molecule has 0 aliphatic heterocycles. The minimum atomic E-state index is -1.08. The lowest BCUT2D eigenvalue weighted by atomic mass is 10.3. The summed E-state index contributed by atoms with van der Waals surface area (Å²) in [7, 11) is 0. The zero-order chi connectivity index (χ0) is 19.4. The maximum Gasteiger partial charge on any atom is 0.306 e. The standard InChI is InChI=1S/C5H6N2O.C5H7NO3.C5H9NO/c1-7-4-5(8)2-3-6;1-6-3-4(7)2-5(8)9;1-3-5(7)4-6-2/h5,8H,2,4H2;4,7H,2-3H2,(H,8,9);5,7H,3-4H2,1H3/t;4-;5-/m.00/s1. The second kappa shape index (κ2) is 20.3. The molecule has 0 fully saturated rings. The van der Waals surface area contributed by atoms with E-state index in [4.69, 9.17) is 45.4 Å². The molecule has 3 atom stereocenters. The van der Waals surface area contributed by atoms with Gasteiger partial charge in [0, 0.05) is 0 Å². The molecule has 0 spiro atoms. The zero-order valence-electron chi connectivity index (χ0n) is 13.5. The number of nitrogens with zero attached hydrogens (tertiary/aromatic N) is 4. The lowest BCUT2D eigenvalue weighted by Crippen LogP contribution is -2.14. The summed E-state index contributed by atoms with van der Waals surface area (Å²) in [6.07, 6.45) is -1.78. The Morgan fingerprint density at radius 2 is 1.42 bits per heavy atom. The fourth-order valence-corrected chi connectivity index (χ4v) is 0.881. The monoisotopic (exact) mass is 338 g/mol. The van der Waals surface area contributed by atoms with Gasteiger partial charge in [0.15, 0.2) is 0 Å². The highest BCUT2D eigenvalue weighted by Crippen LogP contribution is 1.90. The number of aliphatic hydroxyl groups is 3. The van der Waals surface area contributed by atoms with Crippen LogP contribution >= 0.6 is 0 Å². The van der Waals surface area contributed by atoms with Gasteiger partial charge in [-0.05, 0) is 6.42 Å². The van der Waals surface area contributed by atoms with E-state index in [1.165, 1.54) is 0 Å². The van der Waals surface area contributed by atoms with Crippen LogP contribution in [-0.4, -0.2) is 64.3 Å². The van der Waals surface area contributed by atoms with Crippen molar-refractivity contribution in [2.24, 2.45) is 0 Å². The number of carboxylic acids is 1. The lowest BCUT2D eigenvalue weighted by molar-refractivity contribution is -0.138. The van der Waals surface area contributed by atoms with Crippen LogP contribution in [0.3, 0.4) is 0 Å². The molecule has 4 N–H and O–H groups in total. The van der Waals surface area contributed by atoms with Crippen molar-refractivity contribution in [3.8, 4) is 6.07 Å². The maximum absolute atomic E-state index is 9.82. The highest BCUT2D eigenvalue weighted by atomic mass is 16.4. The first kappa shape index (κ1) is 26.2. The summed E-state index contributed by atoms with van der Waals surface area (Å²) in [5, 5.41) is 41.9. The zero-order valence-corrected chi connectivity index (χ0v) is 13.5. The Hall–Kier alpha value is -2.69. The van der Waals surface area contributed by atoms with Crippen molar-refractivity contribution in [1.29, 1.82) is 5.26 Å². The molecule has 0 amide bonds. The second-order valence-corrected chi connectivity index (χ2v) is 4.35. The van der Waals surface area contributed by atoms with Crippen LogP contribution in [-0.2, 0) is 4.79 Å². The molecular formula is C15H22N4O5. The van der Waals surface area contributed by atoms with Crippen molar-refractivity contribution in [3.63, 3.8) is 0 Å². The number of carboxylic acid groups (broad SMARTS) is 1. The minimum absolute atomic E-state index is 0.0353. The summed E-state index contributed by atoms with van der Waals surface area (Å²) in [6, 6.07) is 1.76. The molecule has 132 valence electrons. The highest BCUT2D eigenvalue weighted by molar-refractivity contribution is 5.67. The van der Waals surface area contributed by atoms with Gasteiger partial charge in [0.25, 0.3) is 0 Å². The van der Waals surface area contributed by atoms with Gasteiger partial charge in [0.1, 0.15) is 18.3 Å². The van der Waals surface area contributed by atoms with E-state index in [2.05, 4.69) is 14.5 Å². The summed E-state index contributed by atoms with van der Waals surface area (Å²) in [4.78, 5) is 18.6. The van der Waals surface area contributed by atoms with Crippen LogP contribution in [0, 0.1) is 31.0 Å². The van der Waals surface area contributed by atoms with Gasteiger partial charge >= 0.3 is 5.97 Å². The Bertz CT molecular complexity index is 468. The summed E-state index contributed by atoms with van der Waals surface area (Å²) in [5.74, 6) is -1.08. The van der Waals surface area contributed by atoms with Crippen molar-refractivity contribution in [2.75, 3.05) is 19.6 Å². The first-order chi connectivity index (χ1) is 11.3. The Kier molecular flexibility index (Phi) is 22.2. The van der Waals surface area contributed by atoms with E-state index < -0.39 is 24.3 Å². The first-order valence-corrected chi connectivity index (χ1v) is 6.91. The molecule has 0 aromatic heterocycles. The normalized spacial score (nSPS) is 12.0. The molecule has 0 heterocycles. The molecule has 1 unspecified atom stereocenters. The van der Waals surface area contributed by atoms with Crippen molar-refractivity contribution < 1.29 is 25.2 Å². The molecule has 0 radical (unpaired) electrons. The van der Waals surface area contributed by atoms with Gasteiger partial charge in [0.2, 0.25) is 19.6 Å². The van der Waals surface area contributed by atoms with Crippen LogP contribution in [0.15, 0.2) is 0 Å². The number of aliphatic hydroxyl groups excluding tert-OH is 3. The van der Waals surface area contributed by atoms with E-state index >= 15 is 0 Å². The Balaban J connectivity index is -0.000000278. The second-order valence-electron chi connectivity index (χ2n) is 4.35. The molecule has 24 heavy (non-hydrogen) atoms. The third-order valence-electron chi connectivity index (χ3n) is 2.11. The predicted molar refractivity (Wildman–Crippen MR) is 85.2 cm³/mol. The van der Waals surface area contributed by atoms with E-state index in [9.17, 15) is 4.79 Å². The van der Waals surface area contributed by atoms with Gasteiger partial charge in [-0.3, -0.25) is 4.79 Å². The van der Waals surface area contributed by atoms with Crippen molar-refractivity contribution in [1.82, 2.24) is 0 Å². The fraction of sp³-hybridized carbons (Fsp3) is 0.667. The van der Waals surface area contributed by atoms with Crippen molar-refractivity contribution in [2.45, 2.75) is 44.5 Å². The Morgan fingerprint density at radius 3 is 1.71 bits per heavy atom. The number of carbonyl (C=O) groups is 1. The quantitative estimate of drug-likeness (QED) is 0.502. The molecule has 0 rings (SSSR count). The smallest absolute Gasteiger partial charge is 0.306 e. The van der Waals surface area contributed by atoms with E-state index in [-0.39, 0.29) is 32.5 Å². The van der Waals surface area contributed by atoms with Gasteiger partial charge in [-0.25, -0.2) is 19.7 Å². The molecule has 9 nitrogen and oxygen atoms in total. The molecule has 0 aliphatic rings. The summed E-state index contributed by atoms with van der Waals surface area (Å²) in [5.41, 5.74) is 0. The molecule has 0 bridgehead atoms. The van der Waals surface area contributed by atoms with Gasteiger partial charge in [-0.1, -0.05) is 6.92 Å². The largest absolute Gasteiger partial charge is 0.481 e. The van der Waals surface area contributed by atoms with Crippen LogP contribution in [0.5, 0.6) is 0 Å². The maximum atomic E-state index is 9.82. The van der Waals surface area contributed by atoms with Gasteiger partial charge in [0.05, 0.1) is 18.9 Å². The molecule has 0 aromatic rings. The van der Waals surface area contributed by atoms with Crippen molar-refractivity contribution >= 4 is 5.97 Å². The first-order valence-electron chi connectivity index (χ1n) is 6.91. The summed E-state index contributed by atoms with van der Waals surface area (Å²) >= 11 is 0. The van der Waals surface area contributed by atoms with Crippen LogP contribution in [0.2, 0.25) is 0 Å². The summed E-state index contributed by atoms with van der Waals surface area (Å²) in [6.45, 7) is 20.8.